The molecule has 8 heteroatoms. The molecule has 2 aromatic heterocycles. The molecule has 0 fully saturated rings. The van der Waals surface area contributed by atoms with Gasteiger partial charge in [0, 0.05) is 11.1 Å². The normalized spacial score (nSPS) is 10.8. The standard InChI is InChI=1S/C24H23N5O3/c1-5-32-24(30)20-14(2)25-15(3)22(31-4)21(20)17-12-10-16(11-13-17)18-8-6-7-9-19(18)23-26-28-29-27-23/h6-13H,5H2,1-4H3,(H,26,27,28,29). The molecule has 0 aliphatic carbocycles. The van der Waals surface area contributed by atoms with E-state index in [1.165, 1.54) is 0 Å². The number of carbonyl (C=O) groups is 1. The summed E-state index contributed by atoms with van der Waals surface area (Å²) in [5.41, 5.74) is 6.05. The highest BCUT2D eigenvalue weighted by Crippen LogP contribution is 2.38. The number of carbonyl (C=O) groups excluding carboxylic acids is 1. The number of aromatic amines is 1. The quantitative estimate of drug-likeness (QED) is 0.453. The second kappa shape index (κ2) is 8.97. The van der Waals surface area contributed by atoms with Gasteiger partial charge in [0.2, 0.25) is 5.82 Å². The topological polar surface area (TPSA) is 103 Å². The zero-order valence-corrected chi connectivity index (χ0v) is 18.3. The van der Waals surface area contributed by atoms with E-state index in [1.807, 2.05) is 55.5 Å². The van der Waals surface area contributed by atoms with Crippen LogP contribution in [-0.4, -0.2) is 45.3 Å². The Morgan fingerprint density at radius 1 is 0.969 bits per heavy atom. The molecule has 2 heterocycles. The molecule has 4 aromatic rings. The number of aromatic nitrogens is 5. The van der Waals surface area contributed by atoms with E-state index in [9.17, 15) is 4.79 Å². The maximum absolute atomic E-state index is 12.8. The first-order valence-corrected chi connectivity index (χ1v) is 10.2. The van der Waals surface area contributed by atoms with Gasteiger partial charge >= 0.3 is 5.97 Å². The number of benzene rings is 2. The molecular formula is C24H23N5O3. The van der Waals surface area contributed by atoms with Crippen LogP contribution in [0.25, 0.3) is 33.6 Å². The number of esters is 1. The lowest BCUT2D eigenvalue weighted by Crippen LogP contribution is -2.12. The van der Waals surface area contributed by atoms with Gasteiger partial charge in [0.15, 0.2) is 0 Å². The first-order valence-electron chi connectivity index (χ1n) is 10.2. The number of H-pyrrole nitrogens is 1. The summed E-state index contributed by atoms with van der Waals surface area (Å²) in [7, 11) is 1.58. The first kappa shape index (κ1) is 21.2. The van der Waals surface area contributed by atoms with Crippen molar-refractivity contribution in [2.45, 2.75) is 20.8 Å². The van der Waals surface area contributed by atoms with Crippen LogP contribution in [0.4, 0.5) is 0 Å². The Kier molecular flexibility index (Phi) is 5.93. The molecule has 0 aliphatic rings. The lowest BCUT2D eigenvalue weighted by atomic mass is 9.93. The highest BCUT2D eigenvalue weighted by atomic mass is 16.5. The van der Waals surface area contributed by atoms with Crippen molar-refractivity contribution in [2.24, 2.45) is 0 Å². The van der Waals surface area contributed by atoms with E-state index in [1.54, 1.807) is 21.0 Å². The molecule has 0 amide bonds. The van der Waals surface area contributed by atoms with Crippen molar-refractivity contribution in [3.63, 3.8) is 0 Å². The van der Waals surface area contributed by atoms with Crippen LogP contribution >= 0.6 is 0 Å². The van der Waals surface area contributed by atoms with Gasteiger partial charge in [0.1, 0.15) is 5.75 Å². The molecule has 0 unspecified atom stereocenters. The van der Waals surface area contributed by atoms with E-state index in [0.717, 1.165) is 22.3 Å². The van der Waals surface area contributed by atoms with Crippen molar-refractivity contribution in [3.05, 3.63) is 65.5 Å². The molecule has 2 aromatic carbocycles. The number of nitrogens with one attached hydrogen (secondary N) is 1. The zero-order chi connectivity index (χ0) is 22.7. The summed E-state index contributed by atoms with van der Waals surface area (Å²) in [6.45, 7) is 5.72. The number of nitrogens with zero attached hydrogens (tertiary/aromatic N) is 4. The molecule has 162 valence electrons. The molecule has 0 saturated heterocycles. The summed E-state index contributed by atoms with van der Waals surface area (Å²) >= 11 is 0. The predicted molar refractivity (Wildman–Crippen MR) is 120 cm³/mol. The minimum atomic E-state index is -0.419. The summed E-state index contributed by atoms with van der Waals surface area (Å²) in [6, 6.07) is 15.8. The highest BCUT2D eigenvalue weighted by Gasteiger charge is 2.24. The molecule has 1 N–H and O–H groups in total. The second-order valence-electron chi connectivity index (χ2n) is 7.14. The Morgan fingerprint density at radius 2 is 1.66 bits per heavy atom. The number of rotatable bonds is 6. The Labute approximate surface area is 185 Å². The third-order valence-corrected chi connectivity index (χ3v) is 5.18. The van der Waals surface area contributed by atoms with E-state index in [0.29, 0.717) is 34.1 Å². The zero-order valence-electron chi connectivity index (χ0n) is 18.3. The summed E-state index contributed by atoms with van der Waals surface area (Å²) in [6.07, 6.45) is 0. The molecule has 4 rings (SSSR count). The second-order valence-corrected chi connectivity index (χ2v) is 7.14. The lowest BCUT2D eigenvalue weighted by Gasteiger charge is -2.18. The van der Waals surface area contributed by atoms with E-state index >= 15 is 0 Å². The summed E-state index contributed by atoms with van der Waals surface area (Å²) in [5.74, 6) is 0.659. The Hall–Kier alpha value is -4.07. The summed E-state index contributed by atoms with van der Waals surface area (Å²) in [5, 5.41) is 14.4. The summed E-state index contributed by atoms with van der Waals surface area (Å²) in [4.78, 5) is 17.3. The minimum absolute atomic E-state index is 0.277. The van der Waals surface area contributed by atoms with Gasteiger partial charge in [-0.1, -0.05) is 48.5 Å². The number of ether oxygens (including phenoxy) is 2. The highest BCUT2D eigenvalue weighted by molar-refractivity contribution is 6.00. The van der Waals surface area contributed by atoms with Crippen molar-refractivity contribution in [2.75, 3.05) is 13.7 Å². The monoisotopic (exact) mass is 429 g/mol. The SMILES string of the molecule is CCOC(=O)c1c(C)nc(C)c(OC)c1-c1ccc(-c2ccccc2-c2nn[nH]n2)cc1. The molecule has 0 radical (unpaired) electrons. The maximum Gasteiger partial charge on any atom is 0.340 e. The molecule has 32 heavy (non-hydrogen) atoms. The minimum Gasteiger partial charge on any atom is -0.494 e. The van der Waals surface area contributed by atoms with Gasteiger partial charge in [-0.05, 0) is 42.7 Å². The van der Waals surface area contributed by atoms with Crippen molar-refractivity contribution in [1.82, 2.24) is 25.6 Å². The fourth-order valence-electron chi connectivity index (χ4n) is 3.83. The average molecular weight is 429 g/mol. The van der Waals surface area contributed by atoms with Crippen LogP contribution in [0.15, 0.2) is 48.5 Å². The van der Waals surface area contributed by atoms with Gasteiger partial charge in [-0.25, -0.2) is 4.79 Å². The van der Waals surface area contributed by atoms with Crippen LogP contribution in [0.1, 0.15) is 28.7 Å². The molecule has 0 aliphatic heterocycles. The van der Waals surface area contributed by atoms with E-state index in [-0.39, 0.29) is 6.61 Å². The smallest absolute Gasteiger partial charge is 0.340 e. The van der Waals surface area contributed by atoms with Crippen LogP contribution < -0.4 is 4.74 Å². The molecular weight excluding hydrogens is 406 g/mol. The molecule has 8 nitrogen and oxygen atoms in total. The fourth-order valence-corrected chi connectivity index (χ4v) is 3.83. The number of aryl methyl sites for hydroxylation is 2. The van der Waals surface area contributed by atoms with Crippen LogP contribution in [0.2, 0.25) is 0 Å². The Bertz CT molecular complexity index is 1250. The van der Waals surface area contributed by atoms with Crippen LogP contribution in [0.3, 0.4) is 0 Å². The van der Waals surface area contributed by atoms with E-state index < -0.39 is 5.97 Å². The number of hydrogen-bond acceptors (Lipinski definition) is 7. The van der Waals surface area contributed by atoms with Crippen LogP contribution in [0.5, 0.6) is 5.75 Å². The lowest BCUT2D eigenvalue weighted by molar-refractivity contribution is 0.0525. The van der Waals surface area contributed by atoms with E-state index in [4.69, 9.17) is 9.47 Å². The van der Waals surface area contributed by atoms with Crippen molar-refractivity contribution in [3.8, 4) is 39.4 Å². The number of pyridine rings is 1. The number of hydrogen-bond donors (Lipinski definition) is 1. The molecule has 0 saturated carbocycles. The first-order chi connectivity index (χ1) is 15.5. The van der Waals surface area contributed by atoms with Crippen molar-refractivity contribution < 1.29 is 14.3 Å². The third-order valence-electron chi connectivity index (χ3n) is 5.18. The largest absolute Gasteiger partial charge is 0.494 e. The van der Waals surface area contributed by atoms with Gasteiger partial charge in [-0.2, -0.15) is 5.21 Å². The third kappa shape index (κ3) is 3.82. The van der Waals surface area contributed by atoms with Crippen molar-refractivity contribution in [1.29, 1.82) is 0 Å². The number of methoxy groups -OCH3 is 1. The Balaban J connectivity index is 1.84. The van der Waals surface area contributed by atoms with Gasteiger partial charge in [0.25, 0.3) is 0 Å². The van der Waals surface area contributed by atoms with Crippen molar-refractivity contribution >= 4 is 5.97 Å². The summed E-state index contributed by atoms with van der Waals surface area (Å²) < 4.78 is 10.9. The predicted octanol–water partition coefficient (Wildman–Crippen LogP) is 4.40. The molecule has 0 spiro atoms. The van der Waals surface area contributed by atoms with Gasteiger partial charge in [-0.3, -0.25) is 4.98 Å². The van der Waals surface area contributed by atoms with Gasteiger partial charge in [0.05, 0.1) is 30.7 Å². The fraction of sp³-hybridized carbons (Fsp3) is 0.208. The van der Waals surface area contributed by atoms with Crippen LogP contribution in [-0.2, 0) is 4.74 Å². The molecule has 0 atom stereocenters. The molecule has 0 bridgehead atoms. The number of tetrazole rings is 1. The van der Waals surface area contributed by atoms with E-state index in [2.05, 4.69) is 25.6 Å². The van der Waals surface area contributed by atoms with Gasteiger partial charge in [-0.15, -0.1) is 10.2 Å². The van der Waals surface area contributed by atoms with Crippen LogP contribution in [0, 0.1) is 13.8 Å². The maximum atomic E-state index is 12.8. The average Bonchev–Trinajstić information content (AvgIpc) is 3.34. The Morgan fingerprint density at radius 3 is 2.28 bits per heavy atom. The van der Waals surface area contributed by atoms with Gasteiger partial charge < -0.3 is 9.47 Å².